The summed E-state index contributed by atoms with van der Waals surface area (Å²) in [7, 11) is 0. The molecule has 0 aromatic carbocycles. The van der Waals surface area contributed by atoms with E-state index in [1.54, 1.807) is 6.42 Å². The van der Waals surface area contributed by atoms with Crippen LogP contribution in [0.5, 0.6) is 0 Å². The Bertz CT molecular complexity index is 183. The van der Waals surface area contributed by atoms with Gasteiger partial charge in [-0.15, -0.1) is 0 Å². The summed E-state index contributed by atoms with van der Waals surface area (Å²) in [6.07, 6.45) is 3.99. The van der Waals surface area contributed by atoms with Crippen molar-refractivity contribution in [1.82, 2.24) is 9.97 Å². The number of aromatic nitrogens is 2. The molecule has 0 unspecified atom stereocenters. The monoisotopic (exact) mass is 125 g/mol. The summed E-state index contributed by atoms with van der Waals surface area (Å²) in [5, 5.41) is 0. The van der Waals surface area contributed by atoms with Crippen molar-refractivity contribution in [1.29, 1.82) is 0 Å². The Morgan fingerprint density at radius 1 is 1.44 bits per heavy atom. The van der Waals surface area contributed by atoms with Crippen molar-refractivity contribution in [2.75, 3.05) is 0 Å². The maximum atomic E-state index is 12.0. The molecule has 3 heteroatoms. The third kappa shape index (κ3) is 1.45. The summed E-state index contributed by atoms with van der Waals surface area (Å²) >= 11 is 0. The van der Waals surface area contributed by atoms with Gasteiger partial charge in [0.15, 0.2) is 0 Å². The van der Waals surface area contributed by atoms with Crippen LogP contribution >= 0.6 is 0 Å². The highest BCUT2D eigenvalue weighted by Gasteiger charge is 1.90. The predicted molar refractivity (Wildman–Crippen MR) is 31.1 cm³/mol. The molecule has 0 saturated heterocycles. The summed E-state index contributed by atoms with van der Waals surface area (Å²) < 4.78 is 12.0. The molecule has 1 aromatic rings. The van der Waals surface area contributed by atoms with Gasteiger partial charge in [0.1, 0.15) is 0 Å². The maximum Gasteiger partial charge on any atom is 0.308 e. The van der Waals surface area contributed by atoms with Crippen LogP contribution in [0.15, 0.2) is 12.4 Å². The van der Waals surface area contributed by atoms with Crippen LogP contribution in [0.3, 0.4) is 0 Å². The van der Waals surface area contributed by atoms with Gasteiger partial charge in [-0.1, -0.05) is 6.92 Å². The fourth-order valence-corrected chi connectivity index (χ4v) is 0.471. The largest absolute Gasteiger partial charge is 0.308 e. The number of hydrogen-bond donors (Lipinski definition) is 0. The third-order valence-corrected chi connectivity index (χ3v) is 0.974. The Kier molecular flexibility index (Phi) is 1.72. The molecule has 1 aromatic heterocycles. The lowest BCUT2D eigenvalue weighted by Gasteiger charge is -1.90. The molecule has 0 amide bonds. The SMILES string of the molecule is C[CH]c1cnc(F)nc1. The first-order valence-corrected chi connectivity index (χ1v) is 2.60. The highest BCUT2D eigenvalue weighted by molar-refractivity contribution is 5.11. The van der Waals surface area contributed by atoms with Gasteiger partial charge in [0, 0.05) is 12.4 Å². The predicted octanol–water partition coefficient (Wildman–Crippen LogP) is 1.19. The molecule has 0 bridgehead atoms. The van der Waals surface area contributed by atoms with Crippen molar-refractivity contribution in [3.63, 3.8) is 0 Å². The van der Waals surface area contributed by atoms with Gasteiger partial charge in [0.25, 0.3) is 0 Å². The zero-order valence-electron chi connectivity index (χ0n) is 5.00. The molecular weight excluding hydrogens is 119 g/mol. The zero-order valence-corrected chi connectivity index (χ0v) is 5.00. The Morgan fingerprint density at radius 3 is 2.44 bits per heavy atom. The highest BCUT2D eigenvalue weighted by atomic mass is 19.1. The number of rotatable bonds is 1. The Morgan fingerprint density at radius 2 is 2.00 bits per heavy atom. The van der Waals surface area contributed by atoms with E-state index in [9.17, 15) is 4.39 Å². The maximum absolute atomic E-state index is 12.0. The molecule has 1 radical (unpaired) electrons. The van der Waals surface area contributed by atoms with Crippen molar-refractivity contribution in [2.24, 2.45) is 0 Å². The lowest BCUT2D eigenvalue weighted by Crippen LogP contribution is -1.88. The van der Waals surface area contributed by atoms with Crippen LogP contribution in [0.25, 0.3) is 0 Å². The minimum atomic E-state index is -0.680. The summed E-state index contributed by atoms with van der Waals surface area (Å²) in [6.45, 7) is 1.84. The smallest absolute Gasteiger partial charge is 0.210 e. The van der Waals surface area contributed by atoms with E-state index in [4.69, 9.17) is 0 Å². The first kappa shape index (κ1) is 6.13. The normalized spacial score (nSPS) is 9.56. The van der Waals surface area contributed by atoms with Gasteiger partial charge >= 0.3 is 6.08 Å². The van der Waals surface area contributed by atoms with Gasteiger partial charge < -0.3 is 0 Å². The van der Waals surface area contributed by atoms with E-state index in [1.807, 2.05) is 6.92 Å². The molecule has 2 nitrogen and oxygen atoms in total. The van der Waals surface area contributed by atoms with Crippen molar-refractivity contribution in [2.45, 2.75) is 6.92 Å². The Balaban J connectivity index is 2.88. The number of nitrogens with zero attached hydrogens (tertiary/aromatic N) is 2. The van der Waals surface area contributed by atoms with Crippen LogP contribution in [0.4, 0.5) is 4.39 Å². The van der Waals surface area contributed by atoms with Crippen LogP contribution in [-0.2, 0) is 0 Å². The third-order valence-electron chi connectivity index (χ3n) is 0.974. The Hall–Kier alpha value is -0.990. The van der Waals surface area contributed by atoms with E-state index >= 15 is 0 Å². The fraction of sp³-hybridized carbons (Fsp3) is 0.167. The number of halogens is 1. The van der Waals surface area contributed by atoms with Crippen LogP contribution in [0.2, 0.25) is 0 Å². The minimum Gasteiger partial charge on any atom is -0.210 e. The van der Waals surface area contributed by atoms with Gasteiger partial charge in [-0.05, 0) is 12.0 Å². The molecule has 0 spiro atoms. The molecule has 0 aliphatic rings. The summed E-state index contributed by atoms with van der Waals surface area (Å²) in [4.78, 5) is 6.68. The molecule has 1 heterocycles. The first-order chi connectivity index (χ1) is 4.33. The summed E-state index contributed by atoms with van der Waals surface area (Å²) in [5.74, 6) is 0. The second-order valence-corrected chi connectivity index (χ2v) is 1.57. The van der Waals surface area contributed by atoms with Crippen LogP contribution in [0, 0.1) is 12.5 Å². The standard InChI is InChI=1S/C6H6FN2/c1-2-5-3-8-6(7)9-4-5/h2-4H,1H3. The topological polar surface area (TPSA) is 25.8 Å². The van der Waals surface area contributed by atoms with Gasteiger partial charge in [0.2, 0.25) is 0 Å². The van der Waals surface area contributed by atoms with Gasteiger partial charge in [-0.3, -0.25) is 0 Å². The molecule has 1 rings (SSSR count). The van der Waals surface area contributed by atoms with E-state index < -0.39 is 6.08 Å². The van der Waals surface area contributed by atoms with Gasteiger partial charge in [-0.2, -0.15) is 4.39 Å². The van der Waals surface area contributed by atoms with Gasteiger partial charge in [-0.25, -0.2) is 9.97 Å². The molecule has 0 aliphatic carbocycles. The quantitative estimate of drug-likeness (QED) is 0.527. The molecule has 0 atom stereocenters. The minimum absolute atomic E-state index is 0.680. The van der Waals surface area contributed by atoms with E-state index in [0.29, 0.717) is 0 Å². The van der Waals surface area contributed by atoms with E-state index in [0.717, 1.165) is 5.56 Å². The lowest BCUT2D eigenvalue weighted by atomic mass is 10.3. The van der Waals surface area contributed by atoms with Crippen molar-refractivity contribution in [3.05, 3.63) is 30.5 Å². The molecule has 0 aliphatic heterocycles. The number of hydrogen-bond acceptors (Lipinski definition) is 2. The molecule has 0 N–H and O–H groups in total. The molecule has 9 heavy (non-hydrogen) atoms. The molecule has 47 valence electrons. The zero-order chi connectivity index (χ0) is 6.69. The van der Waals surface area contributed by atoms with E-state index in [2.05, 4.69) is 9.97 Å². The van der Waals surface area contributed by atoms with E-state index in [-0.39, 0.29) is 0 Å². The van der Waals surface area contributed by atoms with Crippen molar-refractivity contribution >= 4 is 0 Å². The lowest BCUT2D eigenvalue weighted by molar-refractivity contribution is 0.537. The molecular formula is C6H6FN2. The van der Waals surface area contributed by atoms with Crippen LogP contribution in [0.1, 0.15) is 12.5 Å². The molecule has 0 fully saturated rings. The van der Waals surface area contributed by atoms with Gasteiger partial charge in [0.05, 0.1) is 0 Å². The van der Waals surface area contributed by atoms with Crippen LogP contribution in [-0.4, -0.2) is 9.97 Å². The average molecular weight is 125 g/mol. The highest BCUT2D eigenvalue weighted by Crippen LogP contribution is 1.96. The first-order valence-electron chi connectivity index (χ1n) is 2.60. The van der Waals surface area contributed by atoms with Crippen molar-refractivity contribution < 1.29 is 4.39 Å². The summed E-state index contributed by atoms with van der Waals surface area (Å²) in [5.41, 5.74) is 0.830. The summed E-state index contributed by atoms with van der Waals surface area (Å²) in [6, 6.07) is 0. The van der Waals surface area contributed by atoms with Crippen LogP contribution < -0.4 is 0 Å². The average Bonchev–Trinajstić information content (AvgIpc) is 1.90. The second-order valence-electron chi connectivity index (χ2n) is 1.57. The molecule has 0 saturated carbocycles. The fourth-order valence-electron chi connectivity index (χ4n) is 0.471. The van der Waals surface area contributed by atoms with Crippen molar-refractivity contribution in [3.8, 4) is 0 Å². The van der Waals surface area contributed by atoms with E-state index in [1.165, 1.54) is 12.4 Å². The second kappa shape index (κ2) is 2.53. The Labute approximate surface area is 52.8 Å².